The maximum absolute atomic E-state index is 12.1. The number of amides is 1. The Kier molecular flexibility index (Phi) is 4.10. The van der Waals surface area contributed by atoms with Gasteiger partial charge in [-0.05, 0) is 47.7 Å². The second-order valence-corrected chi connectivity index (χ2v) is 6.02. The normalized spacial score (nSPS) is 26.1. The molecule has 1 aromatic rings. The van der Waals surface area contributed by atoms with Crippen LogP contribution in [0.5, 0.6) is 0 Å². The van der Waals surface area contributed by atoms with Crippen molar-refractivity contribution in [3.05, 3.63) is 33.4 Å². The van der Waals surface area contributed by atoms with Gasteiger partial charge in [-0.3, -0.25) is 9.59 Å². The molecule has 1 aliphatic heterocycles. The zero-order chi connectivity index (χ0) is 14.0. The predicted octanol–water partition coefficient (Wildman–Crippen LogP) is 1.51. The lowest BCUT2D eigenvalue weighted by Crippen LogP contribution is -2.49. The van der Waals surface area contributed by atoms with Crippen LogP contribution in [0.25, 0.3) is 0 Å². The number of nitrogens with one attached hydrogen (secondary N) is 1. The molecule has 1 saturated heterocycles. The van der Waals surface area contributed by atoms with Gasteiger partial charge in [-0.15, -0.1) is 0 Å². The molecule has 1 aromatic carbocycles. The number of aliphatic carboxylic acids is 1. The summed E-state index contributed by atoms with van der Waals surface area (Å²) < 4.78 is 6.15. The third kappa shape index (κ3) is 2.89. The summed E-state index contributed by atoms with van der Waals surface area (Å²) >= 11 is 2.12. The fourth-order valence-corrected chi connectivity index (χ4v) is 2.50. The molecule has 2 N–H and O–H groups in total. The molecule has 102 valence electrons. The van der Waals surface area contributed by atoms with Crippen molar-refractivity contribution in [1.29, 1.82) is 0 Å². The summed E-state index contributed by atoms with van der Waals surface area (Å²) in [6.07, 6.45) is 0. The molecule has 1 amide bonds. The summed E-state index contributed by atoms with van der Waals surface area (Å²) in [5.41, 5.74) is -0.552. The highest BCUT2D eigenvalue weighted by molar-refractivity contribution is 14.1. The fraction of sp³-hybridized carbons (Fsp3) is 0.385. The Bertz CT molecular complexity index is 519. The molecule has 6 heteroatoms. The maximum Gasteiger partial charge on any atom is 0.313 e. The standard InChI is InChI=1S/C13H14INO4/c1-13(12(17)18)7-19-6-10(13)15-11(16)8-3-2-4-9(14)5-8/h2-5,10H,6-7H2,1H3,(H,15,16)(H,17,18). The van der Waals surface area contributed by atoms with Crippen molar-refractivity contribution in [2.24, 2.45) is 5.41 Å². The number of carboxylic acids is 1. The van der Waals surface area contributed by atoms with Crippen LogP contribution < -0.4 is 5.32 Å². The average Bonchev–Trinajstić information content (AvgIpc) is 2.72. The van der Waals surface area contributed by atoms with Crippen LogP contribution in [0, 0.1) is 8.99 Å². The minimum absolute atomic E-state index is 0.111. The molecule has 1 fully saturated rings. The molecule has 0 aromatic heterocycles. The number of carboxylic acid groups (broad SMARTS) is 1. The quantitative estimate of drug-likeness (QED) is 0.786. The highest BCUT2D eigenvalue weighted by atomic mass is 127. The van der Waals surface area contributed by atoms with E-state index in [1.165, 1.54) is 0 Å². The molecule has 2 unspecified atom stereocenters. The van der Waals surface area contributed by atoms with Gasteiger partial charge < -0.3 is 15.2 Å². The Morgan fingerprint density at radius 2 is 2.26 bits per heavy atom. The monoisotopic (exact) mass is 375 g/mol. The van der Waals surface area contributed by atoms with Gasteiger partial charge in [0.15, 0.2) is 0 Å². The zero-order valence-electron chi connectivity index (χ0n) is 10.4. The number of hydrogen-bond acceptors (Lipinski definition) is 3. The summed E-state index contributed by atoms with van der Waals surface area (Å²) in [5.74, 6) is -1.24. The van der Waals surface area contributed by atoms with Crippen LogP contribution in [-0.2, 0) is 9.53 Å². The van der Waals surface area contributed by atoms with Crippen LogP contribution in [-0.4, -0.2) is 36.2 Å². The first kappa shape index (κ1) is 14.3. The maximum atomic E-state index is 12.1. The first-order chi connectivity index (χ1) is 8.93. The van der Waals surface area contributed by atoms with Gasteiger partial charge in [-0.2, -0.15) is 0 Å². The number of halogens is 1. The number of hydrogen-bond donors (Lipinski definition) is 2. The molecule has 0 spiro atoms. The molecule has 2 rings (SSSR count). The summed E-state index contributed by atoms with van der Waals surface area (Å²) in [4.78, 5) is 23.4. The molecular weight excluding hydrogens is 361 g/mol. The lowest BCUT2D eigenvalue weighted by Gasteiger charge is -2.25. The van der Waals surface area contributed by atoms with Gasteiger partial charge in [0.2, 0.25) is 0 Å². The summed E-state index contributed by atoms with van der Waals surface area (Å²) in [6.45, 7) is 1.92. The van der Waals surface area contributed by atoms with Gasteiger partial charge in [-0.1, -0.05) is 6.07 Å². The van der Waals surface area contributed by atoms with Crippen molar-refractivity contribution in [2.45, 2.75) is 13.0 Å². The molecule has 1 aliphatic rings. The largest absolute Gasteiger partial charge is 0.481 e. The third-order valence-electron chi connectivity index (χ3n) is 3.34. The van der Waals surface area contributed by atoms with Crippen LogP contribution in [0.3, 0.4) is 0 Å². The van der Waals surface area contributed by atoms with Gasteiger partial charge in [0.1, 0.15) is 5.41 Å². The summed E-state index contributed by atoms with van der Waals surface area (Å²) in [5, 5.41) is 12.0. The fourth-order valence-electron chi connectivity index (χ4n) is 1.96. The molecule has 5 nitrogen and oxygen atoms in total. The van der Waals surface area contributed by atoms with E-state index < -0.39 is 17.4 Å². The smallest absolute Gasteiger partial charge is 0.313 e. The Labute approximate surface area is 124 Å². The minimum Gasteiger partial charge on any atom is -0.481 e. The lowest BCUT2D eigenvalue weighted by atomic mass is 9.85. The van der Waals surface area contributed by atoms with Gasteiger partial charge in [0, 0.05) is 9.13 Å². The van der Waals surface area contributed by atoms with Gasteiger partial charge in [-0.25, -0.2) is 0 Å². The topological polar surface area (TPSA) is 75.6 Å². The van der Waals surface area contributed by atoms with Gasteiger partial charge in [0.05, 0.1) is 19.3 Å². The molecule has 19 heavy (non-hydrogen) atoms. The van der Waals surface area contributed by atoms with E-state index in [1.807, 2.05) is 6.07 Å². The lowest BCUT2D eigenvalue weighted by molar-refractivity contribution is -0.148. The van der Waals surface area contributed by atoms with Crippen LogP contribution in [0.1, 0.15) is 17.3 Å². The van der Waals surface area contributed by atoms with Crippen molar-refractivity contribution >= 4 is 34.5 Å². The molecule has 0 bridgehead atoms. The van der Waals surface area contributed by atoms with E-state index in [2.05, 4.69) is 27.9 Å². The first-order valence-corrected chi connectivity index (χ1v) is 6.89. The van der Waals surface area contributed by atoms with E-state index in [0.29, 0.717) is 5.56 Å². The number of ether oxygens (including phenoxy) is 1. The van der Waals surface area contributed by atoms with E-state index in [0.717, 1.165) is 3.57 Å². The van der Waals surface area contributed by atoms with Gasteiger partial charge >= 0.3 is 5.97 Å². The van der Waals surface area contributed by atoms with E-state index in [4.69, 9.17) is 4.74 Å². The molecule has 1 heterocycles. The van der Waals surface area contributed by atoms with Crippen molar-refractivity contribution in [1.82, 2.24) is 5.32 Å². The van der Waals surface area contributed by atoms with E-state index in [9.17, 15) is 14.7 Å². The van der Waals surface area contributed by atoms with Crippen molar-refractivity contribution in [2.75, 3.05) is 13.2 Å². The highest BCUT2D eigenvalue weighted by Crippen LogP contribution is 2.29. The van der Waals surface area contributed by atoms with Crippen molar-refractivity contribution in [3.8, 4) is 0 Å². The van der Waals surface area contributed by atoms with Crippen LogP contribution in [0.4, 0.5) is 0 Å². The molecule has 2 atom stereocenters. The first-order valence-electron chi connectivity index (χ1n) is 5.81. The summed E-state index contributed by atoms with van der Waals surface area (Å²) in [7, 11) is 0. The third-order valence-corrected chi connectivity index (χ3v) is 4.01. The Balaban J connectivity index is 2.13. The number of rotatable bonds is 3. The number of carbonyl (C=O) groups is 2. The highest BCUT2D eigenvalue weighted by Gasteiger charge is 2.47. The predicted molar refractivity (Wildman–Crippen MR) is 77.0 cm³/mol. The van der Waals surface area contributed by atoms with Crippen LogP contribution in [0.2, 0.25) is 0 Å². The van der Waals surface area contributed by atoms with Crippen molar-refractivity contribution < 1.29 is 19.4 Å². The van der Waals surface area contributed by atoms with Crippen molar-refractivity contribution in [3.63, 3.8) is 0 Å². The Hall–Kier alpha value is -1.15. The zero-order valence-corrected chi connectivity index (χ0v) is 12.5. The SMILES string of the molecule is CC1(C(=O)O)COCC1NC(=O)c1cccc(I)c1. The van der Waals surface area contributed by atoms with E-state index in [-0.39, 0.29) is 19.1 Å². The van der Waals surface area contributed by atoms with E-state index >= 15 is 0 Å². The Morgan fingerprint density at radius 1 is 1.53 bits per heavy atom. The van der Waals surface area contributed by atoms with Crippen LogP contribution in [0.15, 0.2) is 24.3 Å². The molecule has 0 saturated carbocycles. The molecular formula is C13H14INO4. The number of benzene rings is 1. The van der Waals surface area contributed by atoms with Gasteiger partial charge in [0.25, 0.3) is 5.91 Å². The average molecular weight is 375 g/mol. The molecule has 0 aliphatic carbocycles. The molecule has 0 radical (unpaired) electrons. The van der Waals surface area contributed by atoms with E-state index in [1.54, 1.807) is 25.1 Å². The second kappa shape index (κ2) is 5.46. The number of carbonyl (C=O) groups excluding carboxylic acids is 1. The summed E-state index contributed by atoms with van der Waals surface area (Å²) in [6, 6.07) is 6.61. The second-order valence-electron chi connectivity index (χ2n) is 4.77. The van der Waals surface area contributed by atoms with Crippen LogP contribution >= 0.6 is 22.6 Å². The minimum atomic E-state index is -1.07. The Morgan fingerprint density at radius 3 is 2.89 bits per heavy atom.